The first-order chi connectivity index (χ1) is 9.68. The number of alkyl halides is 2. The second-order valence-corrected chi connectivity index (χ2v) is 6.54. The van der Waals surface area contributed by atoms with Crippen LogP contribution in [0.25, 0.3) is 0 Å². The van der Waals surface area contributed by atoms with Crippen LogP contribution in [-0.4, -0.2) is 11.8 Å². The summed E-state index contributed by atoms with van der Waals surface area (Å²) < 4.78 is 0. The summed E-state index contributed by atoms with van der Waals surface area (Å²) in [5, 5.41) is 0.756. The van der Waals surface area contributed by atoms with Crippen molar-refractivity contribution >= 4 is 34.8 Å². The lowest BCUT2D eigenvalue weighted by molar-refractivity contribution is 0.452. The van der Waals surface area contributed by atoms with E-state index in [1.54, 1.807) is 0 Å². The highest BCUT2D eigenvalue weighted by molar-refractivity contribution is 6.30. The molecular formula is C17H25Cl3. The van der Waals surface area contributed by atoms with Crippen LogP contribution < -0.4 is 0 Å². The third-order valence-electron chi connectivity index (χ3n) is 3.98. The summed E-state index contributed by atoms with van der Waals surface area (Å²) >= 11 is 18.4. The average molecular weight is 336 g/mol. The molecule has 20 heavy (non-hydrogen) atoms. The van der Waals surface area contributed by atoms with Crippen LogP contribution in [0.5, 0.6) is 0 Å². The number of benzene rings is 1. The Balaban J connectivity index is 2.56. The summed E-state index contributed by atoms with van der Waals surface area (Å²) in [5.41, 5.74) is 1.10. The maximum Gasteiger partial charge on any atom is 0.0406 e. The minimum absolute atomic E-state index is 0.113. The predicted molar refractivity (Wildman–Crippen MR) is 92.6 cm³/mol. The van der Waals surface area contributed by atoms with Gasteiger partial charge in [0.05, 0.1) is 0 Å². The number of rotatable bonds is 10. The molecular weight excluding hydrogens is 311 g/mol. The Morgan fingerprint density at radius 1 is 0.850 bits per heavy atom. The van der Waals surface area contributed by atoms with Crippen molar-refractivity contribution < 1.29 is 0 Å². The summed E-state index contributed by atoms with van der Waals surface area (Å²) in [4.78, 5) is 0. The Labute approximate surface area is 138 Å². The van der Waals surface area contributed by atoms with Crippen molar-refractivity contribution in [2.24, 2.45) is 0 Å². The van der Waals surface area contributed by atoms with Gasteiger partial charge in [-0.15, -0.1) is 23.2 Å². The van der Waals surface area contributed by atoms with E-state index in [0.717, 1.165) is 11.4 Å². The van der Waals surface area contributed by atoms with Crippen LogP contribution >= 0.6 is 34.8 Å². The summed E-state index contributed by atoms with van der Waals surface area (Å²) in [6.07, 6.45) is 8.79. The smallest absolute Gasteiger partial charge is 0.0406 e. The Bertz CT molecular complexity index is 355. The number of halogens is 3. The molecule has 1 rings (SSSR count). The van der Waals surface area contributed by atoms with Crippen LogP contribution in [0.4, 0.5) is 0 Å². The lowest BCUT2D eigenvalue weighted by Crippen LogP contribution is -2.30. The van der Waals surface area contributed by atoms with Gasteiger partial charge in [-0.25, -0.2) is 0 Å². The van der Waals surface area contributed by atoms with E-state index in [1.165, 1.54) is 44.1 Å². The molecule has 0 aromatic heterocycles. The normalized spacial score (nSPS) is 11.8. The number of hydrogen-bond acceptors (Lipinski definition) is 0. The fraction of sp³-hybridized carbons (Fsp3) is 0.647. The van der Waals surface area contributed by atoms with Crippen molar-refractivity contribution in [3.8, 4) is 0 Å². The molecule has 0 unspecified atom stereocenters. The Kier molecular flexibility index (Phi) is 9.00. The molecule has 1 aromatic carbocycles. The zero-order valence-corrected chi connectivity index (χ0v) is 14.6. The van der Waals surface area contributed by atoms with E-state index in [9.17, 15) is 0 Å². The standard InChI is InChI=1S/C17H25Cl3/c1-2-3-4-5-6-7-12-17(13-18,14-19)15-8-10-16(20)11-9-15/h8-11H,2-7,12-14H2,1H3. The van der Waals surface area contributed by atoms with Crippen molar-refractivity contribution in [3.63, 3.8) is 0 Å². The van der Waals surface area contributed by atoms with Crippen LogP contribution in [0.1, 0.15) is 57.4 Å². The summed E-state index contributed by atoms with van der Waals surface area (Å²) in [7, 11) is 0. The van der Waals surface area contributed by atoms with E-state index in [-0.39, 0.29) is 5.41 Å². The summed E-state index contributed by atoms with van der Waals surface area (Å²) in [6.45, 7) is 2.24. The fourth-order valence-corrected chi connectivity index (χ4v) is 3.50. The van der Waals surface area contributed by atoms with E-state index in [2.05, 4.69) is 19.1 Å². The van der Waals surface area contributed by atoms with Crippen molar-refractivity contribution in [2.45, 2.75) is 57.3 Å². The number of hydrogen-bond donors (Lipinski definition) is 0. The molecule has 0 radical (unpaired) electrons. The van der Waals surface area contributed by atoms with E-state index in [1.807, 2.05) is 12.1 Å². The molecule has 0 aliphatic rings. The van der Waals surface area contributed by atoms with Crippen molar-refractivity contribution in [1.82, 2.24) is 0 Å². The maximum atomic E-state index is 6.24. The second-order valence-electron chi connectivity index (χ2n) is 5.57. The predicted octanol–water partition coefficient (Wildman–Crippen LogP) is 6.81. The van der Waals surface area contributed by atoms with Crippen molar-refractivity contribution in [1.29, 1.82) is 0 Å². The van der Waals surface area contributed by atoms with E-state index in [0.29, 0.717) is 11.8 Å². The van der Waals surface area contributed by atoms with Crippen LogP contribution in [0.15, 0.2) is 24.3 Å². The lowest BCUT2D eigenvalue weighted by Gasteiger charge is -2.30. The Hall–Kier alpha value is 0.0900. The quantitative estimate of drug-likeness (QED) is 0.325. The highest BCUT2D eigenvalue weighted by Gasteiger charge is 2.29. The van der Waals surface area contributed by atoms with Gasteiger partial charge in [0.25, 0.3) is 0 Å². The molecule has 0 heterocycles. The Morgan fingerprint density at radius 3 is 1.95 bits per heavy atom. The van der Waals surface area contributed by atoms with Crippen molar-refractivity contribution in [3.05, 3.63) is 34.9 Å². The van der Waals surface area contributed by atoms with Gasteiger partial charge in [-0.2, -0.15) is 0 Å². The van der Waals surface area contributed by atoms with E-state index >= 15 is 0 Å². The minimum Gasteiger partial charge on any atom is -0.126 e. The highest BCUT2D eigenvalue weighted by Crippen LogP contribution is 2.34. The molecule has 0 saturated carbocycles. The average Bonchev–Trinajstić information content (AvgIpc) is 2.48. The van der Waals surface area contributed by atoms with Crippen LogP contribution in [0, 0.1) is 0 Å². The molecule has 0 N–H and O–H groups in total. The Morgan fingerprint density at radius 2 is 1.40 bits per heavy atom. The van der Waals surface area contributed by atoms with Crippen LogP contribution in [0.3, 0.4) is 0 Å². The fourth-order valence-electron chi connectivity index (χ4n) is 2.52. The van der Waals surface area contributed by atoms with Gasteiger partial charge >= 0.3 is 0 Å². The molecule has 114 valence electrons. The first kappa shape index (κ1) is 18.1. The monoisotopic (exact) mass is 334 g/mol. The molecule has 0 aliphatic carbocycles. The molecule has 0 saturated heterocycles. The molecule has 0 fully saturated rings. The molecule has 1 aromatic rings. The lowest BCUT2D eigenvalue weighted by atomic mass is 9.79. The largest absolute Gasteiger partial charge is 0.126 e. The van der Waals surface area contributed by atoms with Gasteiger partial charge in [0, 0.05) is 22.2 Å². The molecule has 0 nitrogen and oxygen atoms in total. The third kappa shape index (κ3) is 5.47. The first-order valence-corrected chi connectivity index (χ1v) is 9.01. The minimum atomic E-state index is -0.113. The van der Waals surface area contributed by atoms with Gasteiger partial charge in [-0.05, 0) is 24.1 Å². The van der Waals surface area contributed by atoms with Crippen LogP contribution in [-0.2, 0) is 5.41 Å². The van der Waals surface area contributed by atoms with Gasteiger partial charge < -0.3 is 0 Å². The summed E-state index contributed by atoms with van der Waals surface area (Å²) in [5.74, 6) is 1.13. The van der Waals surface area contributed by atoms with Gasteiger partial charge in [0.1, 0.15) is 0 Å². The van der Waals surface area contributed by atoms with E-state index < -0.39 is 0 Å². The van der Waals surface area contributed by atoms with Crippen LogP contribution in [0.2, 0.25) is 5.02 Å². The maximum absolute atomic E-state index is 6.24. The van der Waals surface area contributed by atoms with Crippen molar-refractivity contribution in [2.75, 3.05) is 11.8 Å². The zero-order valence-electron chi connectivity index (χ0n) is 12.3. The van der Waals surface area contributed by atoms with Gasteiger partial charge in [0.2, 0.25) is 0 Å². The first-order valence-electron chi connectivity index (χ1n) is 7.56. The van der Waals surface area contributed by atoms with Gasteiger partial charge in [-0.1, -0.05) is 69.2 Å². The SMILES string of the molecule is CCCCCCCCC(CCl)(CCl)c1ccc(Cl)cc1. The highest BCUT2D eigenvalue weighted by atomic mass is 35.5. The molecule has 0 atom stereocenters. The molecule has 0 spiro atoms. The molecule has 0 amide bonds. The third-order valence-corrected chi connectivity index (χ3v) is 5.25. The summed E-state index contributed by atoms with van der Waals surface area (Å²) in [6, 6.07) is 7.96. The molecule has 3 heteroatoms. The number of unbranched alkanes of at least 4 members (excludes halogenated alkanes) is 5. The second kappa shape index (κ2) is 9.92. The molecule has 0 bridgehead atoms. The molecule has 0 aliphatic heterocycles. The van der Waals surface area contributed by atoms with Gasteiger partial charge in [-0.3, -0.25) is 0 Å². The topological polar surface area (TPSA) is 0 Å². The zero-order chi connectivity index (χ0) is 14.8. The van der Waals surface area contributed by atoms with Gasteiger partial charge in [0.15, 0.2) is 0 Å². The van der Waals surface area contributed by atoms with E-state index in [4.69, 9.17) is 34.8 Å².